The predicted octanol–water partition coefficient (Wildman–Crippen LogP) is 3.63. The number of hydrogen-bond acceptors (Lipinski definition) is 3. The first-order valence-corrected chi connectivity index (χ1v) is 6.80. The van der Waals surface area contributed by atoms with E-state index in [0.717, 1.165) is 10.9 Å². The smallest absolute Gasteiger partial charge is 0.434 e. The number of rotatable bonds is 4. The summed E-state index contributed by atoms with van der Waals surface area (Å²) in [5.41, 5.74) is -0.702. The van der Waals surface area contributed by atoms with Crippen LogP contribution in [-0.2, 0) is 17.3 Å². The summed E-state index contributed by atoms with van der Waals surface area (Å²) in [6.07, 6.45) is -3.28. The van der Waals surface area contributed by atoms with Gasteiger partial charge in [-0.05, 0) is 25.0 Å². The number of esters is 1. The number of nitrogens with zero attached hydrogens (tertiary/aromatic N) is 2. The SMILES string of the molecule is CCOC(=O)c1cnn(-c2ccccc2CC)c1C(F)(F)F. The van der Waals surface area contributed by atoms with Gasteiger partial charge in [-0.25, -0.2) is 9.48 Å². The number of aryl methyl sites for hydroxylation is 1. The van der Waals surface area contributed by atoms with E-state index in [1.165, 1.54) is 13.0 Å². The second kappa shape index (κ2) is 6.21. The standard InChI is InChI=1S/C15H15F3N2O2/c1-3-10-7-5-6-8-12(10)20-13(15(16,17)18)11(9-19-20)14(21)22-4-2/h5-9H,3-4H2,1-2H3. The number of carbonyl (C=O) groups excluding carboxylic acids is 1. The Morgan fingerprint density at radius 2 is 1.95 bits per heavy atom. The van der Waals surface area contributed by atoms with Crippen LogP contribution in [-0.4, -0.2) is 22.4 Å². The number of halogens is 3. The highest BCUT2D eigenvalue weighted by atomic mass is 19.4. The molecule has 1 aromatic carbocycles. The van der Waals surface area contributed by atoms with E-state index in [1.54, 1.807) is 18.2 Å². The molecule has 0 saturated carbocycles. The van der Waals surface area contributed by atoms with E-state index in [2.05, 4.69) is 9.84 Å². The third-order valence-corrected chi connectivity index (χ3v) is 3.13. The van der Waals surface area contributed by atoms with Gasteiger partial charge >= 0.3 is 12.1 Å². The summed E-state index contributed by atoms with van der Waals surface area (Å²) in [5.74, 6) is -1.03. The Bertz CT molecular complexity index is 678. The lowest BCUT2D eigenvalue weighted by Crippen LogP contribution is -2.19. The van der Waals surface area contributed by atoms with Crippen molar-refractivity contribution in [3.8, 4) is 5.69 Å². The quantitative estimate of drug-likeness (QED) is 0.810. The van der Waals surface area contributed by atoms with Crippen molar-refractivity contribution in [2.45, 2.75) is 26.4 Å². The van der Waals surface area contributed by atoms with Gasteiger partial charge in [0.1, 0.15) is 5.56 Å². The maximum Gasteiger partial charge on any atom is 0.434 e. The van der Waals surface area contributed by atoms with Crippen LogP contribution in [0.25, 0.3) is 5.69 Å². The number of alkyl halides is 3. The molecule has 2 aromatic rings. The molecule has 0 aliphatic carbocycles. The minimum Gasteiger partial charge on any atom is -0.462 e. The summed E-state index contributed by atoms with van der Waals surface area (Å²) in [6, 6.07) is 6.63. The Labute approximate surface area is 125 Å². The Hall–Kier alpha value is -2.31. The van der Waals surface area contributed by atoms with E-state index in [4.69, 9.17) is 0 Å². The summed E-state index contributed by atoms with van der Waals surface area (Å²) in [4.78, 5) is 11.7. The number of aromatic nitrogens is 2. The summed E-state index contributed by atoms with van der Waals surface area (Å²) >= 11 is 0. The van der Waals surface area contributed by atoms with Crippen molar-refractivity contribution in [3.05, 3.63) is 47.3 Å². The van der Waals surface area contributed by atoms with Crippen molar-refractivity contribution in [1.82, 2.24) is 9.78 Å². The molecular weight excluding hydrogens is 297 g/mol. The molecule has 0 bridgehead atoms. The second-order valence-corrected chi connectivity index (χ2v) is 4.52. The van der Waals surface area contributed by atoms with Gasteiger partial charge in [-0.1, -0.05) is 25.1 Å². The van der Waals surface area contributed by atoms with E-state index in [-0.39, 0.29) is 6.61 Å². The van der Waals surface area contributed by atoms with Gasteiger partial charge in [0.25, 0.3) is 0 Å². The molecule has 22 heavy (non-hydrogen) atoms. The summed E-state index contributed by atoms with van der Waals surface area (Å²) in [6.45, 7) is 3.36. The van der Waals surface area contributed by atoms with E-state index in [0.29, 0.717) is 17.7 Å². The molecule has 1 heterocycles. The minimum atomic E-state index is -4.72. The van der Waals surface area contributed by atoms with E-state index in [9.17, 15) is 18.0 Å². The molecule has 0 aliphatic rings. The molecule has 7 heteroatoms. The third kappa shape index (κ3) is 2.98. The third-order valence-electron chi connectivity index (χ3n) is 3.13. The second-order valence-electron chi connectivity index (χ2n) is 4.52. The Kier molecular flexibility index (Phi) is 4.54. The van der Waals surface area contributed by atoms with Gasteiger partial charge in [-0.15, -0.1) is 0 Å². The number of carbonyl (C=O) groups is 1. The fraction of sp³-hybridized carbons (Fsp3) is 0.333. The number of para-hydroxylation sites is 1. The fourth-order valence-corrected chi connectivity index (χ4v) is 2.18. The zero-order valence-electron chi connectivity index (χ0n) is 12.1. The first-order valence-electron chi connectivity index (χ1n) is 6.80. The Morgan fingerprint density at radius 1 is 1.27 bits per heavy atom. The van der Waals surface area contributed by atoms with Crippen LogP contribution in [0.1, 0.15) is 35.5 Å². The predicted molar refractivity (Wildman–Crippen MR) is 73.9 cm³/mol. The number of ether oxygens (including phenoxy) is 1. The highest BCUT2D eigenvalue weighted by Crippen LogP contribution is 2.34. The van der Waals surface area contributed by atoms with Crippen molar-refractivity contribution >= 4 is 5.97 Å². The average molecular weight is 312 g/mol. The largest absolute Gasteiger partial charge is 0.462 e. The van der Waals surface area contributed by atoms with Crippen LogP contribution in [0.3, 0.4) is 0 Å². The Morgan fingerprint density at radius 3 is 2.55 bits per heavy atom. The van der Waals surface area contributed by atoms with Crippen LogP contribution in [0.2, 0.25) is 0 Å². The van der Waals surface area contributed by atoms with Crippen molar-refractivity contribution < 1.29 is 22.7 Å². The van der Waals surface area contributed by atoms with Crippen LogP contribution in [0.4, 0.5) is 13.2 Å². The van der Waals surface area contributed by atoms with Gasteiger partial charge in [0.05, 0.1) is 18.5 Å². The monoisotopic (exact) mass is 312 g/mol. The van der Waals surface area contributed by atoms with Gasteiger partial charge < -0.3 is 4.74 Å². The summed E-state index contributed by atoms with van der Waals surface area (Å²) in [7, 11) is 0. The maximum absolute atomic E-state index is 13.4. The molecule has 0 spiro atoms. The molecule has 0 radical (unpaired) electrons. The first kappa shape index (κ1) is 16.1. The molecule has 0 fully saturated rings. The van der Waals surface area contributed by atoms with Gasteiger partial charge in [-0.3, -0.25) is 0 Å². The topological polar surface area (TPSA) is 44.1 Å². The lowest BCUT2D eigenvalue weighted by Gasteiger charge is -2.14. The highest BCUT2D eigenvalue weighted by Gasteiger charge is 2.41. The molecule has 4 nitrogen and oxygen atoms in total. The van der Waals surface area contributed by atoms with Crippen LogP contribution in [0.15, 0.2) is 30.5 Å². The van der Waals surface area contributed by atoms with Crippen molar-refractivity contribution in [2.75, 3.05) is 6.61 Å². The molecule has 2 rings (SSSR count). The molecule has 0 atom stereocenters. The van der Waals surface area contributed by atoms with Gasteiger partial charge in [0.2, 0.25) is 0 Å². The zero-order chi connectivity index (χ0) is 16.3. The zero-order valence-corrected chi connectivity index (χ0v) is 12.1. The molecular formula is C15H15F3N2O2. The molecule has 0 aliphatic heterocycles. The van der Waals surface area contributed by atoms with E-state index >= 15 is 0 Å². The lowest BCUT2D eigenvalue weighted by atomic mass is 10.1. The Balaban J connectivity index is 2.65. The van der Waals surface area contributed by atoms with Gasteiger partial charge in [0.15, 0.2) is 5.69 Å². The first-order chi connectivity index (χ1) is 10.4. The van der Waals surface area contributed by atoms with Crippen molar-refractivity contribution in [3.63, 3.8) is 0 Å². The number of benzene rings is 1. The fourth-order valence-electron chi connectivity index (χ4n) is 2.18. The van der Waals surface area contributed by atoms with Crippen LogP contribution in [0.5, 0.6) is 0 Å². The van der Waals surface area contributed by atoms with Crippen LogP contribution >= 0.6 is 0 Å². The molecule has 118 valence electrons. The van der Waals surface area contributed by atoms with Gasteiger partial charge in [0, 0.05) is 0 Å². The van der Waals surface area contributed by atoms with Crippen LogP contribution in [0, 0.1) is 0 Å². The normalized spacial score (nSPS) is 11.5. The minimum absolute atomic E-state index is 0.00709. The lowest BCUT2D eigenvalue weighted by molar-refractivity contribution is -0.143. The van der Waals surface area contributed by atoms with Crippen molar-refractivity contribution in [1.29, 1.82) is 0 Å². The van der Waals surface area contributed by atoms with Gasteiger partial charge in [-0.2, -0.15) is 18.3 Å². The van der Waals surface area contributed by atoms with E-state index in [1.807, 2.05) is 6.92 Å². The van der Waals surface area contributed by atoms with E-state index < -0.39 is 23.4 Å². The molecule has 0 unspecified atom stereocenters. The molecule has 0 saturated heterocycles. The summed E-state index contributed by atoms with van der Waals surface area (Å²) in [5, 5.41) is 3.76. The van der Waals surface area contributed by atoms with Crippen molar-refractivity contribution in [2.24, 2.45) is 0 Å². The number of hydrogen-bond donors (Lipinski definition) is 0. The molecule has 1 aromatic heterocycles. The average Bonchev–Trinajstić information content (AvgIpc) is 2.92. The highest BCUT2D eigenvalue weighted by molar-refractivity contribution is 5.90. The maximum atomic E-state index is 13.4. The molecule has 0 amide bonds. The van der Waals surface area contributed by atoms with Crippen LogP contribution < -0.4 is 0 Å². The molecule has 0 N–H and O–H groups in total. The summed E-state index contributed by atoms with van der Waals surface area (Å²) < 4.78 is 45.6.